The number of fused-ring (bicyclic) bond motifs is 1. The van der Waals surface area contributed by atoms with Gasteiger partial charge in [0.25, 0.3) is 5.91 Å². The van der Waals surface area contributed by atoms with Gasteiger partial charge in [-0.25, -0.2) is 0 Å². The van der Waals surface area contributed by atoms with Gasteiger partial charge < -0.3 is 10.2 Å². The van der Waals surface area contributed by atoms with Crippen molar-refractivity contribution in [1.29, 1.82) is 0 Å². The first kappa shape index (κ1) is 21.9. The van der Waals surface area contributed by atoms with Gasteiger partial charge in [-0.3, -0.25) is 14.0 Å². The van der Waals surface area contributed by atoms with Gasteiger partial charge in [0.05, 0.1) is 16.3 Å². The lowest BCUT2D eigenvalue weighted by molar-refractivity contribution is -0.137. The van der Waals surface area contributed by atoms with Crippen molar-refractivity contribution >= 4 is 46.5 Å². The summed E-state index contributed by atoms with van der Waals surface area (Å²) in [6.45, 7) is 0. The van der Waals surface area contributed by atoms with E-state index in [-0.39, 0.29) is 27.5 Å². The Labute approximate surface area is 178 Å². The molecule has 0 aliphatic carbocycles. The van der Waals surface area contributed by atoms with E-state index in [9.17, 15) is 22.8 Å². The fraction of sp³-hybridized carbons (Fsp3) is 0.222. The maximum atomic E-state index is 13.0. The van der Waals surface area contributed by atoms with E-state index in [1.165, 1.54) is 11.0 Å². The molecule has 0 saturated heterocycles. The van der Waals surface area contributed by atoms with Crippen molar-refractivity contribution in [2.75, 3.05) is 25.2 Å². The molecular formula is C18H15ClF3N5O2S. The van der Waals surface area contributed by atoms with Crippen molar-refractivity contribution in [3.63, 3.8) is 0 Å². The number of hydrogen-bond acceptors (Lipinski definition) is 5. The molecule has 0 unspecified atom stereocenters. The summed E-state index contributed by atoms with van der Waals surface area (Å²) in [5.41, 5.74) is -0.0685. The lowest BCUT2D eigenvalue weighted by Crippen LogP contribution is -2.22. The summed E-state index contributed by atoms with van der Waals surface area (Å²) in [5, 5.41) is 10.1. The van der Waals surface area contributed by atoms with Crippen LogP contribution in [0.25, 0.3) is 5.65 Å². The van der Waals surface area contributed by atoms with Crippen LogP contribution in [-0.4, -0.2) is 51.2 Å². The maximum absolute atomic E-state index is 13.0. The summed E-state index contributed by atoms with van der Waals surface area (Å²) >= 11 is 6.77. The average molecular weight is 458 g/mol. The number of amides is 2. The maximum Gasteiger partial charge on any atom is 0.417 e. The summed E-state index contributed by atoms with van der Waals surface area (Å²) in [6.07, 6.45) is -3.76. The number of benzene rings is 1. The smallest absolute Gasteiger partial charge is 0.345 e. The summed E-state index contributed by atoms with van der Waals surface area (Å²) in [6, 6.07) is 7.18. The minimum atomic E-state index is -4.59. The third-order valence-corrected chi connectivity index (χ3v) is 5.11. The third kappa shape index (κ3) is 4.85. The Morgan fingerprint density at radius 2 is 1.97 bits per heavy atom. The van der Waals surface area contributed by atoms with Crippen LogP contribution in [0.2, 0.25) is 5.02 Å². The van der Waals surface area contributed by atoms with E-state index in [2.05, 4.69) is 15.5 Å². The lowest BCUT2D eigenvalue weighted by Gasteiger charge is -2.11. The van der Waals surface area contributed by atoms with Crippen LogP contribution in [0.4, 0.5) is 18.9 Å². The van der Waals surface area contributed by atoms with Gasteiger partial charge >= 0.3 is 6.18 Å². The van der Waals surface area contributed by atoms with Crippen molar-refractivity contribution in [3.8, 4) is 0 Å². The Hall–Kier alpha value is -2.79. The first-order valence-electron chi connectivity index (χ1n) is 8.42. The Morgan fingerprint density at radius 3 is 2.63 bits per heavy atom. The van der Waals surface area contributed by atoms with Gasteiger partial charge in [-0.15, -0.1) is 10.2 Å². The van der Waals surface area contributed by atoms with E-state index >= 15 is 0 Å². The summed E-state index contributed by atoms with van der Waals surface area (Å²) in [5.74, 6) is -0.780. The molecule has 3 aromatic rings. The number of alkyl halides is 3. The highest BCUT2D eigenvalue weighted by Crippen LogP contribution is 2.33. The van der Waals surface area contributed by atoms with E-state index in [1.54, 1.807) is 32.3 Å². The van der Waals surface area contributed by atoms with Gasteiger partial charge in [0, 0.05) is 31.5 Å². The molecule has 3 rings (SSSR count). The second kappa shape index (κ2) is 8.52. The van der Waals surface area contributed by atoms with Gasteiger partial charge in [0.2, 0.25) is 5.91 Å². The molecule has 2 heterocycles. The molecular weight excluding hydrogens is 443 g/mol. The molecule has 0 bridgehead atoms. The van der Waals surface area contributed by atoms with Gasteiger partial charge in [0.15, 0.2) is 10.8 Å². The van der Waals surface area contributed by atoms with Crippen LogP contribution in [-0.2, 0) is 11.0 Å². The number of halogens is 4. The minimum absolute atomic E-state index is 0.0578. The van der Waals surface area contributed by atoms with Crippen molar-refractivity contribution in [2.45, 2.75) is 11.3 Å². The molecule has 1 aromatic carbocycles. The number of aromatic nitrogens is 3. The van der Waals surface area contributed by atoms with Crippen LogP contribution in [0, 0.1) is 0 Å². The number of pyridine rings is 1. The molecule has 0 aliphatic heterocycles. The topological polar surface area (TPSA) is 79.6 Å². The second-order valence-electron chi connectivity index (χ2n) is 6.37. The first-order chi connectivity index (χ1) is 14.1. The third-order valence-electron chi connectivity index (χ3n) is 3.89. The number of hydrogen-bond donors (Lipinski definition) is 1. The summed E-state index contributed by atoms with van der Waals surface area (Å²) in [7, 11) is 3.23. The molecule has 158 valence electrons. The van der Waals surface area contributed by atoms with Gasteiger partial charge in [-0.1, -0.05) is 29.4 Å². The summed E-state index contributed by atoms with van der Waals surface area (Å²) in [4.78, 5) is 25.7. The number of rotatable bonds is 5. The lowest BCUT2D eigenvalue weighted by atomic mass is 10.2. The molecule has 0 fully saturated rings. The molecule has 0 spiro atoms. The molecule has 0 atom stereocenters. The quantitative estimate of drug-likeness (QED) is 0.589. The fourth-order valence-corrected chi connectivity index (χ4v) is 3.46. The Balaban J connectivity index is 1.72. The first-order valence-corrected chi connectivity index (χ1v) is 9.78. The van der Waals surface area contributed by atoms with E-state index in [4.69, 9.17) is 11.6 Å². The van der Waals surface area contributed by atoms with Crippen LogP contribution < -0.4 is 5.32 Å². The molecule has 0 aliphatic rings. The average Bonchev–Trinajstić information content (AvgIpc) is 3.09. The Morgan fingerprint density at radius 1 is 1.23 bits per heavy atom. The number of nitrogens with one attached hydrogen (secondary N) is 1. The molecule has 2 aromatic heterocycles. The van der Waals surface area contributed by atoms with Crippen LogP contribution in [0.15, 0.2) is 41.7 Å². The van der Waals surface area contributed by atoms with Gasteiger partial charge in [0.1, 0.15) is 0 Å². The van der Waals surface area contributed by atoms with Gasteiger partial charge in [-0.05, 0) is 24.3 Å². The van der Waals surface area contributed by atoms with Gasteiger partial charge in [-0.2, -0.15) is 13.2 Å². The zero-order chi connectivity index (χ0) is 22.1. The zero-order valence-corrected chi connectivity index (χ0v) is 17.3. The zero-order valence-electron chi connectivity index (χ0n) is 15.7. The molecule has 7 nitrogen and oxygen atoms in total. The second-order valence-corrected chi connectivity index (χ2v) is 7.72. The van der Waals surface area contributed by atoms with E-state index < -0.39 is 17.6 Å². The largest absolute Gasteiger partial charge is 0.417 e. The highest BCUT2D eigenvalue weighted by Gasteiger charge is 2.32. The SMILES string of the molecule is CN(C)C(=O)c1cccc(NC(=O)CSc2nnc3c(Cl)cc(C(F)(F)F)cn23)c1. The van der Waals surface area contributed by atoms with Crippen molar-refractivity contribution in [2.24, 2.45) is 0 Å². The van der Waals surface area contributed by atoms with Crippen molar-refractivity contribution in [3.05, 3.63) is 52.7 Å². The van der Waals surface area contributed by atoms with Crippen molar-refractivity contribution < 1.29 is 22.8 Å². The molecule has 12 heteroatoms. The predicted octanol–water partition coefficient (Wildman–Crippen LogP) is 3.83. The highest BCUT2D eigenvalue weighted by molar-refractivity contribution is 7.99. The summed E-state index contributed by atoms with van der Waals surface area (Å²) < 4.78 is 40.2. The number of nitrogens with zero attached hydrogens (tertiary/aromatic N) is 4. The number of thioether (sulfide) groups is 1. The van der Waals surface area contributed by atoms with Crippen molar-refractivity contribution in [1.82, 2.24) is 19.5 Å². The number of anilines is 1. The normalized spacial score (nSPS) is 11.5. The van der Waals surface area contributed by atoms with Crippen LogP contribution >= 0.6 is 23.4 Å². The number of carbonyl (C=O) groups excluding carboxylic acids is 2. The number of carbonyl (C=O) groups is 2. The van der Waals surface area contributed by atoms with Crippen LogP contribution in [0.3, 0.4) is 0 Å². The molecule has 1 N–H and O–H groups in total. The molecule has 0 saturated carbocycles. The van der Waals surface area contributed by atoms with Crippen LogP contribution in [0.5, 0.6) is 0 Å². The van der Waals surface area contributed by atoms with Crippen LogP contribution in [0.1, 0.15) is 15.9 Å². The monoisotopic (exact) mass is 457 g/mol. The van der Waals surface area contributed by atoms with E-state index in [0.717, 1.165) is 28.4 Å². The minimum Gasteiger partial charge on any atom is -0.345 e. The molecule has 2 amide bonds. The molecule has 0 radical (unpaired) electrons. The predicted molar refractivity (Wildman–Crippen MR) is 107 cm³/mol. The van der Waals surface area contributed by atoms with E-state index in [1.807, 2.05) is 0 Å². The molecule has 30 heavy (non-hydrogen) atoms. The van der Waals surface area contributed by atoms with E-state index in [0.29, 0.717) is 11.3 Å². The fourth-order valence-electron chi connectivity index (χ4n) is 2.50. The Kier molecular flexibility index (Phi) is 6.22. The Bertz CT molecular complexity index is 1120. The standard InChI is InChI=1S/C18H15ClF3N5O2S/c1-26(2)16(29)10-4-3-5-12(6-10)23-14(28)9-30-17-25-24-15-13(19)7-11(8-27(15)17)18(20,21)22/h3-8H,9H2,1-2H3,(H,23,28). The highest BCUT2D eigenvalue weighted by atomic mass is 35.5.